The Morgan fingerprint density at radius 2 is 1.70 bits per heavy atom. The number of carboxylic acids is 2. The van der Waals surface area contributed by atoms with Crippen LogP contribution in [0.15, 0.2) is 54.6 Å². The SMILES string of the molecule is C=C(C)CC(Cc1ccccc1)(C(=C)C(=O)O)C(=O)O. The summed E-state index contributed by atoms with van der Waals surface area (Å²) in [7, 11) is 0. The van der Waals surface area contributed by atoms with Crippen LogP contribution in [0, 0.1) is 5.41 Å². The van der Waals surface area contributed by atoms with E-state index in [2.05, 4.69) is 13.2 Å². The topological polar surface area (TPSA) is 74.6 Å². The van der Waals surface area contributed by atoms with Gasteiger partial charge in [0.2, 0.25) is 0 Å². The summed E-state index contributed by atoms with van der Waals surface area (Å²) in [4.78, 5) is 23.0. The molecule has 1 rings (SSSR count). The van der Waals surface area contributed by atoms with Gasteiger partial charge in [0, 0.05) is 5.57 Å². The van der Waals surface area contributed by atoms with Crippen LogP contribution in [0.4, 0.5) is 0 Å². The van der Waals surface area contributed by atoms with E-state index in [1.165, 1.54) is 0 Å². The standard InChI is InChI=1S/C16H18O4/c1-11(2)9-16(15(19)20,12(3)14(17)18)10-13-7-5-4-6-8-13/h4-8H,1,3,9-10H2,2H3,(H,17,18)(H,19,20). The zero-order valence-corrected chi connectivity index (χ0v) is 11.4. The van der Waals surface area contributed by atoms with E-state index < -0.39 is 17.4 Å². The summed E-state index contributed by atoms with van der Waals surface area (Å²) in [6, 6.07) is 8.92. The maximum Gasteiger partial charge on any atom is 0.332 e. The van der Waals surface area contributed by atoms with Gasteiger partial charge < -0.3 is 10.2 Å². The minimum absolute atomic E-state index is 0.0440. The van der Waals surface area contributed by atoms with E-state index in [1.54, 1.807) is 31.2 Å². The van der Waals surface area contributed by atoms with Crippen LogP contribution >= 0.6 is 0 Å². The molecule has 0 radical (unpaired) electrons. The Morgan fingerprint density at radius 3 is 2.10 bits per heavy atom. The molecule has 4 nitrogen and oxygen atoms in total. The molecule has 1 aromatic rings. The van der Waals surface area contributed by atoms with Crippen LogP contribution in [-0.2, 0) is 16.0 Å². The molecular weight excluding hydrogens is 256 g/mol. The van der Waals surface area contributed by atoms with Crippen molar-refractivity contribution >= 4 is 11.9 Å². The van der Waals surface area contributed by atoms with Crippen LogP contribution in [-0.4, -0.2) is 22.2 Å². The molecule has 0 heterocycles. The molecule has 0 amide bonds. The van der Waals surface area contributed by atoms with E-state index in [0.29, 0.717) is 5.57 Å². The van der Waals surface area contributed by atoms with E-state index in [4.69, 9.17) is 5.11 Å². The van der Waals surface area contributed by atoms with Crippen LogP contribution < -0.4 is 0 Å². The summed E-state index contributed by atoms with van der Waals surface area (Å²) < 4.78 is 0. The monoisotopic (exact) mass is 274 g/mol. The van der Waals surface area contributed by atoms with Crippen LogP contribution in [0.2, 0.25) is 0 Å². The fourth-order valence-corrected chi connectivity index (χ4v) is 2.22. The maximum absolute atomic E-state index is 11.7. The van der Waals surface area contributed by atoms with Crippen molar-refractivity contribution in [1.29, 1.82) is 0 Å². The molecule has 0 saturated carbocycles. The zero-order chi connectivity index (χ0) is 15.3. The lowest BCUT2D eigenvalue weighted by molar-refractivity contribution is -0.150. The highest BCUT2D eigenvalue weighted by Crippen LogP contribution is 2.37. The number of allylic oxidation sites excluding steroid dienone is 1. The van der Waals surface area contributed by atoms with Gasteiger partial charge in [-0.25, -0.2) is 4.79 Å². The number of rotatable bonds is 7. The number of hydrogen-bond donors (Lipinski definition) is 2. The highest BCUT2D eigenvalue weighted by Gasteiger charge is 2.44. The fourth-order valence-electron chi connectivity index (χ4n) is 2.22. The highest BCUT2D eigenvalue weighted by molar-refractivity contribution is 5.96. The van der Waals surface area contributed by atoms with Gasteiger partial charge in [0.05, 0.1) is 0 Å². The van der Waals surface area contributed by atoms with Gasteiger partial charge in [-0.15, -0.1) is 6.58 Å². The third-order valence-electron chi connectivity index (χ3n) is 3.20. The fraction of sp³-hybridized carbons (Fsp3) is 0.250. The third kappa shape index (κ3) is 3.35. The first-order chi connectivity index (χ1) is 9.29. The molecule has 1 aromatic carbocycles. The van der Waals surface area contributed by atoms with E-state index in [1.807, 2.05) is 6.07 Å². The Kier molecular flexibility index (Phi) is 4.86. The minimum atomic E-state index is -1.57. The number of hydrogen-bond acceptors (Lipinski definition) is 2. The van der Waals surface area contributed by atoms with Gasteiger partial charge in [0.15, 0.2) is 0 Å². The van der Waals surface area contributed by atoms with Crippen LogP contribution in [0.25, 0.3) is 0 Å². The lowest BCUT2D eigenvalue weighted by atomic mass is 9.71. The van der Waals surface area contributed by atoms with Crippen molar-refractivity contribution in [1.82, 2.24) is 0 Å². The molecule has 20 heavy (non-hydrogen) atoms. The second-order valence-electron chi connectivity index (χ2n) is 4.97. The van der Waals surface area contributed by atoms with Crippen molar-refractivity contribution in [3.05, 3.63) is 60.2 Å². The normalized spacial score (nSPS) is 13.2. The summed E-state index contributed by atoms with van der Waals surface area (Å²) in [5.74, 6) is -2.50. The average Bonchev–Trinajstić information content (AvgIpc) is 2.37. The Balaban J connectivity index is 3.30. The predicted molar refractivity (Wildman–Crippen MR) is 76.4 cm³/mol. The van der Waals surface area contributed by atoms with Crippen molar-refractivity contribution in [3.63, 3.8) is 0 Å². The predicted octanol–water partition coefficient (Wildman–Crippen LogP) is 2.91. The lowest BCUT2D eigenvalue weighted by Crippen LogP contribution is -2.38. The van der Waals surface area contributed by atoms with Gasteiger partial charge in [0.25, 0.3) is 0 Å². The van der Waals surface area contributed by atoms with Gasteiger partial charge in [-0.2, -0.15) is 0 Å². The van der Waals surface area contributed by atoms with Crippen LogP contribution in [0.5, 0.6) is 0 Å². The molecule has 0 bridgehead atoms. The molecule has 106 valence electrons. The van der Waals surface area contributed by atoms with Crippen LogP contribution in [0.1, 0.15) is 18.9 Å². The Bertz CT molecular complexity index is 545. The van der Waals surface area contributed by atoms with E-state index in [9.17, 15) is 14.7 Å². The average molecular weight is 274 g/mol. The third-order valence-corrected chi connectivity index (χ3v) is 3.20. The van der Waals surface area contributed by atoms with Crippen molar-refractivity contribution < 1.29 is 19.8 Å². The summed E-state index contributed by atoms with van der Waals surface area (Å²) in [5.41, 5.74) is -0.542. The Hall–Kier alpha value is -2.36. The second-order valence-corrected chi connectivity index (χ2v) is 4.97. The van der Waals surface area contributed by atoms with E-state index in [0.717, 1.165) is 5.56 Å². The molecule has 0 aliphatic heterocycles. The summed E-state index contributed by atoms with van der Waals surface area (Å²) in [5, 5.41) is 18.8. The Morgan fingerprint density at radius 1 is 1.15 bits per heavy atom. The quantitative estimate of drug-likeness (QED) is 0.592. The minimum Gasteiger partial charge on any atom is -0.481 e. The van der Waals surface area contributed by atoms with Crippen molar-refractivity contribution in [2.75, 3.05) is 0 Å². The summed E-state index contributed by atoms with van der Waals surface area (Å²) in [6.07, 6.45) is 0.115. The highest BCUT2D eigenvalue weighted by atomic mass is 16.4. The van der Waals surface area contributed by atoms with Gasteiger partial charge in [0.1, 0.15) is 5.41 Å². The number of benzene rings is 1. The molecule has 2 N–H and O–H groups in total. The van der Waals surface area contributed by atoms with Gasteiger partial charge in [-0.05, 0) is 25.3 Å². The molecule has 0 aliphatic rings. The molecule has 1 unspecified atom stereocenters. The van der Waals surface area contributed by atoms with Crippen molar-refractivity contribution in [2.45, 2.75) is 19.8 Å². The van der Waals surface area contributed by atoms with E-state index >= 15 is 0 Å². The first-order valence-corrected chi connectivity index (χ1v) is 6.14. The maximum atomic E-state index is 11.7. The molecule has 0 aliphatic carbocycles. The molecule has 0 saturated heterocycles. The summed E-state index contributed by atoms with van der Waals surface area (Å²) >= 11 is 0. The molecular formula is C16H18O4. The Labute approximate surface area is 118 Å². The molecule has 0 spiro atoms. The zero-order valence-electron chi connectivity index (χ0n) is 11.4. The lowest BCUT2D eigenvalue weighted by Gasteiger charge is -2.30. The second kappa shape index (κ2) is 6.19. The smallest absolute Gasteiger partial charge is 0.332 e. The number of carboxylic acid groups (broad SMARTS) is 2. The number of aliphatic carboxylic acids is 2. The first-order valence-electron chi connectivity index (χ1n) is 6.14. The number of carbonyl (C=O) groups is 2. The van der Waals surface area contributed by atoms with Crippen LogP contribution in [0.3, 0.4) is 0 Å². The van der Waals surface area contributed by atoms with Crippen molar-refractivity contribution in [2.24, 2.45) is 5.41 Å². The molecule has 1 atom stereocenters. The summed E-state index contributed by atoms with van der Waals surface area (Å²) in [6.45, 7) is 8.86. The van der Waals surface area contributed by atoms with Gasteiger partial charge in [-0.3, -0.25) is 4.79 Å². The molecule has 4 heteroatoms. The largest absolute Gasteiger partial charge is 0.481 e. The first kappa shape index (κ1) is 15.7. The van der Waals surface area contributed by atoms with Crippen molar-refractivity contribution in [3.8, 4) is 0 Å². The van der Waals surface area contributed by atoms with E-state index in [-0.39, 0.29) is 18.4 Å². The molecule has 0 aromatic heterocycles. The molecule has 0 fully saturated rings. The van der Waals surface area contributed by atoms with Gasteiger partial charge in [-0.1, -0.05) is 42.5 Å². The van der Waals surface area contributed by atoms with Gasteiger partial charge >= 0.3 is 11.9 Å².